The van der Waals surface area contributed by atoms with Gasteiger partial charge in [0.2, 0.25) is 0 Å². The molecule has 1 aliphatic rings. The van der Waals surface area contributed by atoms with Crippen LogP contribution in [0.15, 0.2) is 47.4 Å². The van der Waals surface area contributed by atoms with E-state index in [4.69, 9.17) is 4.74 Å². The molecule has 5 heteroatoms. The van der Waals surface area contributed by atoms with E-state index in [0.717, 1.165) is 17.7 Å². The van der Waals surface area contributed by atoms with Gasteiger partial charge in [-0.1, -0.05) is 18.2 Å². The summed E-state index contributed by atoms with van der Waals surface area (Å²) in [5.41, 5.74) is 0.912. The number of fused-ring (bicyclic) bond motifs is 1. The van der Waals surface area contributed by atoms with E-state index in [1.54, 1.807) is 6.07 Å². The highest BCUT2D eigenvalue weighted by Gasteiger charge is 2.20. The van der Waals surface area contributed by atoms with E-state index >= 15 is 0 Å². The van der Waals surface area contributed by atoms with Crippen LogP contribution in [0.2, 0.25) is 0 Å². The van der Waals surface area contributed by atoms with Crippen LogP contribution in [0.3, 0.4) is 0 Å². The number of nitrogens with one attached hydrogen (secondary N) is 2. The fourth-order valence-electron chi connectivity index (χ4n) is 2.45. The number of pyridine rings is 1. The Morgan fingerprint density at radius 2 is 2.14 bits per heavy atom. The molecule has 3 rings (SSSR count). The van der Waals surface area contributed by atoms with Crippen molar-refractivity contribution in [2.45, 2.75) is 6.42 Å². The first kappa shape index (κ1) is 13.4. The number of para-hydroxylation sites is 1. The van der Waals surface area contributed by atoms with E-state index in [1.807, 2.05) is 24.3 Å². The zero-order valence-corrected chi connectivity index (χ0v) is 11.5. The number of rotatable bonds is 3. The second-order valence-corrected chi connectivity index (χ2v) is 5.11. The predicted octanol–water partition coefficient (Wildman–Crippen LogP) is 1.36. The fourth-order valence-corrected chi connectivity index (χ4v) is 2.45. The van der Waals surface area contributed by atoms with Crippen LogP contribution in [0.4, 0.5) is 0 Å². The Labute approximate surface area is 122 Å². The maximum Gasteiger partial charge on any atom is 0.260 e. The van der Waals surface area contributed by atoms with Crippen molar-refractivity contribution in [3.8, 4) is 5.75 Å². The van der Waals surface area contributed by atoms with Gasteiger partial charge in [-0.3, -0.25) is 9.59 Å². The Morgan fingerprint density at radius 1 is 1.29 bits per heavy atom. The number of ether oxygens (including phenoxy) is 1. The molecule has 0 fully saturated rings. The third kappa shape index (κ3) is 2.97. The van der Waals surface area contributed by atoms with E-state index in [-0.39, 0.29) is 22.9 Å². The number of carbonyl (C=O) groups is 1. The van der Waals surface area contributed by atoms with Crippen molar-refractivity contribution < 1.29 is 9.53 Å². The van der Waals surface area contributed by atoms with Gasteiger partial charge in [-0.2, -0.15) is 0 Å². The second-order valence-electron chi connectivity index (χ2n) is 5.11. The Bertz CT molecular complexity index is 708. The number of benzene rings is 1. The summed E-state index contributed by atoms with van der Waals surface area (Å²) >= 11 is 0. The minimum absolute atomic E-state index is 0.134. The highest BCUT2D eigenvalue weighted by atomic mass is 16.5. The Kier molecular flexibility index (Phi) is 3.73. The highest BCUT2D eigenvalue weighted by molar-refractivity contribution is 5.93. The lowest BCUT2D eigenvalue weighted by Gasteiger charge is -2.25. The van der Waals surface area contributed by atoms with E-state index in [9.17, 15) is 9.59 Å². The Morgan fingerprint density at radius 3 is 3.00 bits per heavy atom. The van der Waals surface area contributed by atoms with Crippen LogP contribution in [-0.2, 0) is 6.42 Å². The summed E-state index contributed by atoms with van der Waals surface area (Å²) in [5, 5.41) is 2.80. The van der Waals surface area contributed by atoms with E-state index in [0.29, 0.717) is 13.2 Å². The minimum Gasteiger partial charge on any atom is -0.493 e. The average Bonchev–Trinajstić information content (AvgIpc) is 2.53. The molecule has 21 heavy (non-hydrogen) atoms. The van der Waals surface area contributed by atoms with E-state index < -0.39 is 0 Å². The van der Waals surface area contributed by atoms with Gasteiger partial charge in [0.05, 0.1) is 6.61 Å². The molecule has 1 amide bonds. The smallest absolute Gasteiger partial charge is 0.260 e. The van der Waals surface area contributed by atoms with Crippen molar-refractivity contribution in [3.05, 3.63) is 64.1 Å². The molecule has 0 saturated heterocycles. The highest BCUT2D eigenvalue weighted by Crippen LogP contribution is 2.26. The third-order valence-electron chi connectivity index (χ3n) is 3.57. The number of carbonyl (C=O) groups excluding carboxylic acids is 1. The molecule has 0 radical (unpaired) electrons. The molecule has 2 aromatic rings. The van der Waals surface area contributed by atoms with Crippen molar-refractivity contribution >= 4 is 5.91 Å². The topological polar surface area (TPSA) is 71.2 Å². The molecule has 108 valence electrons. The summed E-state index contributed by atoms with van der Waals surface area (Å²) in [6.45, 7) is 1.06. The maximum absolute atomic E-state index is 12.0. The van der Waals surface area contributed by atoms with Crippen molar-refractivity contribution in [2.75, 3.05) is 13.2 Å². The lowest BCUT2D eigenvalue weighted by atomic mass is 9.96. The van der Waals surface area contributed by atoms with Gasteiger partial charge in [0.1, 0.15) is 11.3 Å². The number of aromatic amines is 1. The third-order valence-corrected chi connectivity index (χ3v) is 3.57. The van der Waals surface area contributed by atoms with Crippen molar-refractivity contribution in [1.29, 1.82) is 0 Å². The first-order chi connectivity index (χ1) is 10.2. The fraction of sp³-hybridized carbons (Fsp3) is 0.250. The van der Waals surface area contributed by atoms with Crippen molar-refractivity contribution in [2.24, 2.45) is 5.92 Å². The number of hydrogen-bond donors (Lipinski definition) is 2. The number of hydrogen-bond acceptors (Lipinski definition) is 3. The summed E-state index contributed by atoms with van der Waals surface area (Å²) in [7, 11) is 0. The lowest BCUT2D eigenvalue weighted by molar-refractivity contribution is 0.0937. The van der Waals surface area contributed by atoms with Gasteiger partial charge in [-0.25, -0.2) is 0 Å². The quantitative estimate of drug-likeness (QED) is 0.894. The molecule has 1 aromatic heterocycles. The molecule has 0 bridgehead atoms. The van der Waals surface area contributed by atoms with Gasteiger partial charge >= 0.3 is 0 Å². The molecule has 1 unspecified atom stereocenters. The van der Waals surface area contributed by atoms with Crippen molar-refractivity contribution in [1.82, 2.24) is 10.3 Å². The molecule has 2 N–H and O–H groups in total. The van der Waals surface area contributed by atoms with Gasteiger partial charge < -0.3 is 15.0 Å². The lowest BCUT2D eigenvalue weighted by Crippen LogP contribution is -2.36. The van der Waals surface area contributed by atoms with Crippen LogP contribution >= 0.6 is 0 Å². The summed E-state index contributed by atoms with van der Waals surface area (Å²) in [5.74, 6) is 0.780. The summed E-state index contributed by atoms with van der Waals surface area (Å²) in [6, 6.07) is 11.1. The largest absolute Gasteiger partial charge is 0.493 e. The summed E-state index contributed by atoms with van der Waals surface area (Å²) in [6.07, 6.45) is 2.37. The maximum atomic E-state index is 12.0. The predicted molar refractivity (Wildman–Crippen MR) is 78.5 cm³/mol. The first-order valence-corrected chi connectivity index (χ1v) is 6.90. The summed E-state index contributed by atoms with van der Waals surface area (Å²) in [4.78, 5) is 26.0. The minimum atomic E-state index is -0.375. The van der Waals surface area contributed by atoms with E-state index in [1.165, 1.54) is 12.3 Å². The number of aromatic nitrogens is 1. The van der Waals surface area contributed by atoms with Crippen LogP contribution < -0.4 is 15.6 Å². The zero-order valence-electron chi connectivity index (χ0n) is 11.5. The zero-order chi connectivity index (χ0) is 14.7. The van der Waals surface area contributed by atoms with Gasteiger partial charge in [0, 0.05) is 18.7 Å². The first-order valence-electron chi connectivity index (χ1n) is 6.90. The van der Waals surface area contributed by atoms with Gasteiger partial charge in [0.15, 0.2) is 0 Å². The average molecular weight is 284 g/mol. The van der Waals surface area contributed by atoms with Crippen LogP contribution in [0, 0.1) is 5.92 Å². The molecule has 0 aliphatic carbocycles. The molecule has 1 aliphatic heterocycles. The number of H-pyrrole nitrogens is 1. The van der Waals surface area contributed by atoms with Crippen LogP contribution in [-0.4, -0.2) is 24.0 Å². The molecular formula is C16H16N2O3. The molecule has 0 spiro atoms. The number of amides is 1. The second kappa shape index (κ2) is 5.83. The van der Waals surface area contributed by atoms with Crippen LogP contribution in [0.1, 0.15) is 15.9 Å². The van der Waals surface area contributed by atoms with Gasteiger partial charge in [0.25, 0.3) is 11.5 Å². The SMILES string of the molecule is O=C(NCC1COc2ccccc2C1)c1ccc[nH]c1=O. The summed E-state index contributed by atoms with van der Waals surface area (Å²) < 4.78 is 5.68. The van der Waals surface area contributed by atoms with Crippen molar-refractivity contribution in [3.63, 3.8) is 0 Å². The Hall–Kier alpha value is -2.56. The molecule has 1 atom stereocenters. The molecule has 2 heterocycles. The van der Waals surface area contributed by atoms with E-state index in [2.05, 4.69) is 10.3 Å². The molecule has 5 nitrogen and oxygen atoms in total. The molecular weight excluding hydrogens is 268 g/mol. The standard InChI is InChI=1S/C16H16N2O3/c19-15-13(5-3-7-17-15)16(20)18-9-11-8-12-4-1-2-6-14(12)21-10-11/h1-7,11H,8-10H2,(H,17,19)(H,18,20). The van der Waals surface area contributed by atoms with Crippen LogP contribution in [0.25, 0.3) is 0 Å². The monoisotopic (exact) mass is 284 g/mol. The normalized spacial score (nSPS) is 16.7. The van der Waals surface area contributed by atoms with Gasteiger partial charge in [-0.15, -0.1) is 0 Å². The van der Waals surface area contributed by atoms with Gasteiger partial charge in [-0.05, 0) is 30.2 Å². The molecule has 1 aromatic carbocycles. The Balaban J connectivity index is 1.61. The van der Waals surface area contributed by atoms with Crippen LogP contribution in [0.5, 0.6) is 5.75 Å². The molecule has 0 saturated carbocycles.